The average molecular weight is 733 g/mol. The summed E-state index contributed by atoms with van der Waals surface area (Å²) in [6, 6.07) is -0.873. The van der Waals surface area contributed by atoms with Crippen LogP contribution >= 0.6 is 0 Å². The molecule has 3 aliphatic rings. The number of cyclic esters (lactones) is 1. The molecule has 3 aliphatic heterocycles. The molecule has 14 heteroatoms. The third kappa shape index (κ3) is 10.1. The number of rotatable bonds is 7. The SMILES string of the molecule is CC[C@H]1OC(=O)[C@H](C)[C@@H](O[C@H]2C[C@@](C)(OC)C(=O)[C@H](C)O2)[C@H](C)[C@@H](O[C@@H]2O[C@H](C)C[C@H](N(C)C)[C@H]2O)[C@@](C)(O)C[C@@H](C)CN[C@H](C)[C@@H](O)[C@]1(C)O. The van der Waals surface area contributed by atoms with Crippen LogP contribution in [-0.2, 0) is 38.0 Å². The molecule has 3 heterocycles. The third-order valence-corrected chi connectivity index (χ3v) is 11.5. The zero-order valence-electron chi connectivity index (χ0n) is 33.1. The maximum absolute atomic E-state index is 14.1. The highest BCUT2D eigenvalue weighted by atomic mass is 16.7. The van der Waals surface area contributed by atoms with Crippen molar-refractivity contribution in [1.29, 1.82) is 0 Å². The summed E-state index contributed by atoms with van der Waals surface area (Å²) in [6.45, 7) is 17.5. The number of methoxy groups -OCH3 is 1. The summed E-state index contributed by atoms with van der Waals surface area (Å²) in [6.07, 6.45) is -7.75. The molecule has 0 spiro atoms. The fourth-order valence-corrected chi connectivity index (χ4v) is 8.22. The number of ketones is 1. The highest BCUT2D eigenvalue weighted by Gasteiger charge is 2.52. The largest absolute Gasteiger partial charge is 0.459 e. The zero-order valence-corrected chi connectivity index (χ0v) is 33.1. The molecule has 17 atom stereocenters. The van der Waals surface area contributed by atoms with Gasteiger partial charge in [0.25, 0.3) is 0 Å². The highest BCUT2D eigenvalue weighted by molar-refractivity contribution is 5.91. The lowest BCUT2D eigenvalue weighted by Crippen LogP contribution is -2.60. The Balaban J connectivity index is 2.15. The van der Waals surface area contributed by atoms with Crippen molar-refractivity contribution in [1.82, 2.24) is 10.2 Å². The Morgan fingerprint density at radius 2 is 1.59 bits per heavy atom. The number of aliphatic hydroxyl groups excluding tert-OH is 2. The van der Waals surface area contributed by atoms with Gasteiger partial charge in [-0.15, -0.1) is 0 Å². The first-order valence-electron chi connectivity index (χ1n) is 18.6. The molecule has 5 N–H and O–H groups in total. The van der Waals surface area contributed by atoms with E-state index in [0.717, 1.165) is 0 Å². The molecule has 0 unspecified atom stereocenters. The zero-order chi connectivity index (χ0) is 38.8. The number of carbonyl (C=O) groups is 2. The number of aliphatic hydroxyl groups is 4. The van der Waals surface area contributed by atoms with Crippen LogP contribution in [0.3, 0.4) is 0 Å². The number of carbonyl (C=O) groups excluding carboxylic acids is 2. The Bertz CT molecular complexity index is 1150. The summed E-state index contributed by atoms with van der Waals surface area (Å²) in [5, 5.41) is 50.0. The summed E-state index contributed by atoms with van der Waals surface area (Å²) >= 11 is 0. The third-order valence-electron chi connectivity index (χ3n) is 11.5. The summed E-state index contributed by atoms with van der Waals surface area (Å²) in [5.41, 5.74) is -4.59. The van der Waals surface area contributed by atoms with E-state index in [0.29, 0.717) is 13.0 Å². The van der Waals surface area contributed by atoms with E-state index in [1.807, 2.05) is 32.8 Å². The quantitative estimate of drug-likeness (QED) is 0.239. The second-order valence-electron chi connectivity index (χ2n) is 16.5. The van der Waals surface area contributed by atoms with Gasteiger partial charge in [-0.05, 0) is 94.3 Å². The molecule has 51 heavy (non-hydrogen) atoms. The van der Waals surface area contributed by atoms with Crippen molar-refractivity contribution in [2.75, 3.05) is 27.7 Å². The molecule has 0 amide bonds. The number of likely N-dealkylation sites (N-methyl/N-ethyl adjacent to an activating group) is 1. The molecular weight excluding hydrogens is 664 g/mol. The minimum Gasteiger partial charge on any atom is -0.459 e. The van der Waals surface area contributed by atoms with E-state index in [1.54, 1.807) is 48.5 Å². The molecule has 0 aromatic carbocycles. The molecule has 3 rings (SSSR count). The molecule has 14 nitrogen and oxygen atoms in total. The van der Waals surface area contributed by atoms with Crippen LogP contribution in [0.1, 0.15) is 94.9 Å². The maximum atomic E-state index is 14.1. The first-order chi connectivity index (χ1) is 23.5. The molecule has 0 bridgehead atoms. The van der Waals surface area contributed by atoms with Crippen LogP contribution in [0.5, 0.6) is 0 Å². The molecule has 0 aliphatic carbocycles. The van der Waals surface area contributed by atoms with Gasteiger partial charge >= 0.3 is 5.97 Å². The summed E-state index contributed by atoms with van der Waals surface area (Å²) in [4.78, 5) is 29.0. The van der Waals surface area contributed by atoms with E-state index in [1.165, 1.54) is 14.0 Å². The predicted molar refractivity (Wildman–Crippen MR) is 189 cm³/mol. The number of esters is 1. The number of ether oxygens (including phenoxy) is 6. The molecule has 3 saturated heterocycles. The first-order valence-corrected chi connectivity index (χ1v) is 18.6. The molecule has 0 radical (unpaired) electrons. The van der Waals surface area contributed by atoms with E-state index >= 15 is 0 Å². The van der Waals surface area contributed by atoms with Gasteiger partial charge in [0, 0.05) is 31.5 Å². The average Bonchev–Trinajstić information content (AvgIpc) is 3.05. The molecule has 0 aromatic rings. The Hall–Kier alpha value is -1.30. The second kappa shape index (κ2) is 17.4. The van der Waals surface area contributed by atoms with Crippen molar-refractivity contribution >= 4 is 11.8 Å². The van der Waals surface area contributed by atoms with Crippen LogP contribution in [0.15, 0.2) is 0 Å². The Kier molecular flexibility index (Phi) is 15.1. The summed E-state index contributed by atoms with van der Waals surface area (Å²) in [5.74, 6) is -2.92. The fraction of sp³-hybridized carbons (Fsp3) is 0.946. The molecule has 0 saturated carbocycles. The molecule has 298 valence electrons. The van der Waals surface area contributed by atoms with Gasteiger partial charge in [-0.25, -0.2) is 0 Å². The van der Waals surface area contributed by atoms with Gasteiger partial charge in [0.15, 0.2) is 18.4 Å². The topological polar surface area (TPSA) is 186 Å². The van der Waals surface area contributed by atoms with Crippen molar-refractivity contribution in [2.24, 2.45) is 17.8 Å². The normalized spacial score (nSPS) is 48.5. The van der Waals surface area contributed by atoms with Gasteiger partial charge in [-0.2, -0.15) is 0 Å². The van der Waals surface area contributed by atoms with Gasteiger partial charge in [-0.3, -0.25) is 9.59 Å². The van der Waals surface area contributed by atoms with Gasteiger partial charge in [0.05, 0.1) is 29.8 Å². The van der Waals surface area contributed by atoms with Crippen LogP contribution in [0.4, 0.5) is 0 Å². The van der Waals surface area contributed by atoms with E-state index in [-0.39, 0.29) is 43.1 Å². The van der Waals surface area contributed by atoms with Crippen LogP contribution in [-0.4, -0.2) is 149 Å². The van der Waals surface area contributed by atoms with Gasteiger partial charge in [0.1, 0.15) is 35.6 Å². The number of hydrogen-bond acceptors (Lipinski definition) is 14. The van der Waals surface area contributed by atoms with Crippen molar-refractivity contribution in [3.8, 4) is 0 Å². The van der Waals surface area contributed by atoms with E-state index in [9.17, 15) is 30.0 Å². The van der Waals surface area contributed by atoms with Gasteiger partial charge in [0.2, 0.25) is 0 Å². The van der Waals surface area contributed by atoms with Crippen molar-refractivity contribution in [3.05, 3.63) is 0 Å². The number of nitrogens with zero attached hydrogens (tertiary/aromatic N) is 1. The number of Topliss-reactive ketones (excluding diaryl/α,β-unsaturated/α-hetero) is 1. The molecule has 0 aromatic heterocycles. The van der Waals surface area contributed by atoms with Crippen LogP contribution in [0, 0.1) is 17.8 Å². The van der Waals surface area contributed by atoms with Crippen LogP contribution < -0.4 is 5.32 Å². The van der Waals surface area contributed by atoms with Crippen molar-refractivity contribution in [3.63, 3.8) is 0 Å². The van der Waals surface area contributed by atoms with Crippen molar-refractivity contribution in [2.45, 2.75) is 179 Å². The Morgan fingerprint density at radius 1 is 0.961 bits per heavy atom. The molecular formula is C37H68N2O12. The fourth-order valence-electron chi connectivity index (χ4n) is 8.22. The van der Waals surface area contributed by atoms with E-state index in [2.05, 4.69) is 5.32 Å². The Morgan fingerprint density at radius 3 is 2.16 bits per heavy atom. The lowest BCUT2D eigenvalue weighted by atomic mass is 9.77. The van der Waals surface area contributed by atoms with Crippen LogP contribution in [0.2, 0.25) is 0 Å². The second-order valence-corrected chi connectivity index (χ2v) is 16.5. The lowest BCUT2D eigenvalue weighted by Gasteiger charge is -2.48. The van der Waals surface area contributed by atoms with E-state index < -0.39 is 89.9 Å². The standard InChI is InChI=1S/C37H68N2O12/c1-14-26-37(10,45)30(41)23(6)38-18-19(2)16-35(8,44)32(51-34-28(40)25(39(11)12)15-20(3)47-34)21(4)29(22(5)33(43)49-26)50-27-17-36(9,46-13)31(42)24(7)48-27/h19-30,32,34,38,40-41,44-45H,14-18H2,1-13H3/t19-,20-,21+,22-,23-,24+,25+,26-,27+,28-,29+,30-,32-,34+,35+,36-,37-/m1/s1. The monoisotopic (exact) mass is 732 g/mol. The smallest absolute Gasteiger partial charge is 0.311 e. The van der Waals surface area contributed by atoms with Crippen molar-refractivity contribution < 1.29 is 58.4 Å². The maximum Gasteiger partial charge on any atom is 0.311 e. The minimum absolute atomic E-state index is 0.0329. The number of hydrogen-bond donors (Lipinski definition) is 5. The molecule has 3 fully saturated rings. The summed E-state index contributed by atoms with van der Waals surface area (Å²) in [7, 11) is 5.20. The van der Waals surface area contributed by atoms with Crippen LogP contribution in [0.25, 0.3) is 0 Å². The van der Waals surface area contributed by atoms with Gasteiger partial charge < -0.3 is 59.1 Å². The first kappa shape index (κ1) is 44.1. The lowest BCUT2D eigenvalue weighted by molar-refractivity contribution is -0.307. The summed E-state index contributed by atoms with van der Waals surface area (Å²) < 4.78 is 37.1. The highest BCUT2D eigenvalue weighted by Crippen LogP contribution is 2.39. The van der Waals surface area contributed by atoms with Gasteiger partial charge in [-0.1, -0.05) is 20.8 Å². The number of nitrogens with one attached hydrogen (secondary N) is 1. The van der Waals surface area contributed by atoms with E-state index in [4.69, 9.17) is 28.4 Å². The minimum atomic E-state index is -1.81. The predicted octanol–water partition coefficient (Wildman–Crippen LogP) is 1.77. The Labute approximate surface area is 304 Å².